The van der Waals surface area contributed by atoms with Crippen LogP contribution in [0.15, 0.2) is 0 Å². The fraction of sp³-hybridized carbons (Fsp3) is 1.00. The second kappa shape index (κ2) is 20.4. The molecule has 0 aromatic heterocycles. The van der Waals surface area contributed by atoms with Crippen molar-refractivity contribution in [3.63, 3.8) is 0 Å². The molecule has 0 atom stereocenters. The lowest BCUT2D eigenvalue weighted by Gasteiger charge is -2.26. The number of hydrogen-bond acceptors (Lipinski definition) is 2. The van der Waals surface area contributed by atoms with Gasteiger partial charge in [-0.25, -0.2) is 0 Å². The lowest BCUT2D eigenvalue weighted by Crippen LogP contribution is -2.30. The molecule has 2 heteroatoms. The summed E-state index contributed by atoms with van der Waals surface area (Å²) in [6, 6.07) is 0. The summed E-state index contributed by atoms with van der Waals surface area (Å²) in [4.78, 5) is 2.67. The van der Waals surface area contributed by atoms with E-state index in [-0.39, 0.29) is 0 Å². The fourth-order valence-electron chi connectivity index (χ4n) is 3.12. The van der Waals surface area contributed by atoms with Crippen LogP contribution in [0.5, 0.6) is 0 Å². The highest BCUT2D eigenvalue weighted by atomic mass is 32.2. The third kappa shape index (κ3) is 18.5. The molecule has 0 amide bonds. The summed E-state index contributed by atoms with van der Waals surface area (Å²) < 4.78 is 0. The summed E-state index contributed by atoms with van der Waals surface area (Å²) in [5.41, 5.74) is 0. The second-order valence-electron chi connectivity index (χ2n) is 6.93. The largest absolute Gasteiger partial charge is 0.303 e. The number of hydrogen-bond donors (Lipinski definition) is 0. The van der Waals surface area contributed by atoms with Crippen LogP contribution >= 0.6 is 11.8 Å². The van der Waals surface area contributed by atoms with Crippen molar-refractivity contribution in [2.45, 2.75) is 104 Å². The Bertz CT molecular complexity index is 198. The van der Waals surface area contributed by atoms with Crippen LogP contribution in [-0.2, 0) is 0 Å². The predicted molar refractivity (Wildman–Crippen MR) is 111 cm³/mol. The van der Waals surface area contributed by atoms with E-state index in [4.69, 9.17) is 0 Å². The number of thioether (sulfide) groups is 1. The van der Waals surface area contributed by atoms with E-state index in [1.54, 1.807) is 0 Å². The molecular formula is C21H45NS. The molecule has 0 spiro atoms. The molecule has 0 aromatic rings. The number of unbranched alkanes of at least 4 members (excludes halogenated alkanes) is 8. The van der Waals surface area contributed by atoms with Gasteiger partial charge in [-0.1, -0.05) is 78.6 Å². The summed E-state index contributed by atoms with van der Waals surface area (Å²) in [5, 5.41) is 0. The van der Waals surface area contributed by atoms with Crippen molar-refractivity contribution in [1.29, 1.82) is 0 Å². The van der Waals surface area contributed by atoms with E-state index < -0.39 is 0 Å². The molecular weight excluding hydrogens is 298 g/mol. The Kier molecular flexibility index (Phi) is 20.6. The van der Waals surface area contributed by atoms with Crippen molar-refractivity contribution >= 4 is 11.8 Å². The Morgan fingerprint density at radius 3 is 1.70 bits per heavy atom. The van der Waals surface area contributed by atoms with Crippen molar-refractivity contribution < 1.29 is 0 Å². The molecule has 0 bridgehead atoms. The first-order valence-corrected chi connectivity index (χ1v) is 11.8. The van der Waals surface area contributed by atoms with Crippen LogP contribution in [0.25, 0.3) is 0 Å². The van der Waals surface area contributed by atoms with E-state index in [1.165, 1.54) is 115 Å². The molecule has 140 valence electrons. The predicted octanol–water partition coefficient (Wildman–Crippen LogP) is 7.15. The maximum atomic E-state index is 2.67. The van der Waals surface area contributed by atoms with Crippen LogP contribution in [0, 0.1) is 0 Å². The molecule has 23 heavy (non-hydrogen) atoms. The van der Waals surface area contributed by atoms with Gasteiger partial charge < -0.3 is 4.90 Å². The van der Waals surface area contributed by atoms with Gasteiger partial charge in [0.05, 0.1) is 0 Å². The van der Waals surface area contributed by atoms with Crippen LogP contribution in [0.3, 0.4) is 0 Å². The fourth-order valence-corrected chi connectivity index (χ4v) is 3.70. The molecule has 0 radical (unpaired) electrons. The minimum Gasteiger partial charge on any atom is -0.303 e. The molecule has 0 unspecified atom stereocenters. The number of likely N-dealkylation sites (tertiary alicyclic amines) is 1. The molecule has 1 saturated heterocycles. The zero-order valence-corrected chi connectivity index (χ0v) is 17.4. The minimum atomic E-state index is 1.27. The van der Waals surface area contributed by atoms with E-state index in [1.807, 2.05) is 11.8 Å². The van der Waals surface area contributed by atoms with Gasteiger partial charge in [0.1, 0.15) is 0 Å². The lowest BCUT2D eigenvalue weighted by atomic mass is 10.1. The molecule has 1 fully saturated rings. The first kappa shape index (κ1) is 23.3. The van der Waals surface area contributed by atoms with Gasteiger partial charge in [-0.3, -0.25) is 0 Å². The van der Waals surface area contributed by atoms with Crippen LogP contribution in [-0.4, -0.2) is 36.0 Å². The highest BCUT2D eigenvalue weighted by molar-refractivity contribution is 7.99. The molecule has 1 heterocycles. The average Bonchev–Trinajstić information content (AvgIpc) is 2.60. The molecule has 1 aliphatic heterocycles. The van der Waals surface area contributed by atoms with Gasteiger partial charge in [0, 0.05) is 0 Å². The molecule has 1 aliphatic rings. The van der Waals surface area contributed by atoms with Gasteiger partial charge in [0.25, 0.3) is 0 Å². The quantitative estimate of drug-likeness (QED) is 0.326. The summed E-state index contributed by atoms with van der Waals surface area (Å²) in [5.74, 6) is 2.60. The standard InChI is InChI=1S/C16H33N.C5H12S/c1-2-3-4-5-6-7-8-9-11-14-17-15-12-10-13-16-17;1-3-5-6-4-2/h2-16H2,1H3;3-5H2,1-2H3. The Balaban J connectivity index is 0.000000688. The molecule has 0 aliphatic carbocycles. The normalized spacial score (nSPS) is 15.3. The number of rotatable bonds is 13. The minimum absolute atomic E-state index is 1.27. The van der Waals surface area contributed by atoms with Gasteiger partial charge in [-0.15, -0.1) is 0 Å². The zero-order chi connectivity index (χ0) is 17.0. The van der Waals surface area contributed by atoms with Gasteiger partial charge in [-0.05, 0) is 56.8 Å². The van der Waals surface area contributed by atoms with Gasteiger partial charge in [0.15, 0.2) is 0 Å². The molecule has 0 aromatic carbocycles. The topological polar surface area (TPSA) is 3.24 Å². The van der Waals surface area contributed by atoms with Crippen molar-refractivity contribution in [3.8, 4) is 0 Å². The SMILES string of the molecule is CCCCCCCCCCCN1CCCCC1.CCCSCC. The van der Waals surface area contributed by atoms with Crippen molar-refractivity contribution in [2.24, 2.45) is 0 Å². The Morgan fingerprint density at radius 2 is 1.22 bits per heavy atom. The third-order valence-electron chi connectivity index (χ3n) is 4.58. The van der Waals surface area contributed by atoms with Crippen molar-refractivity contribution in [1.82, 2.24) is 4.90 Å². The van der Waals surface area contributed by atoms with Crippen LogP contribution in [0.4, 0.5) is 0 Å². The molecule has 1 rings (SSSR count). The maximum Gasteiger partial charge on any atom is -0.00187 e. The van der Waals surface area contributed by atoms with E-state index in [0.29, 0.717) is 0 Å². The zero-order valence-electron chi connectivity index (χ0n) is 16.6. The van der Waals surface area contributed by atoms with E-state index in [9.17, 15) is 0 Å². The second-order valence-corrected chi connectivity index (χ2v) is 8.32. The molecule has 1 nitrogen and oxygen atoms in total. The first-order valence-electron chi connectivity index (χ1n) is 10.6. The smallest absolute Gasteiger partial charge is 0.00187 e. The van der Waals surface area contributed by atoms with Crippen LogP contribution in [0.1, 0.15) is 104 Å². The molecule has 0 saturated carbocycles. The monoisotopic (exact) mass is 343 g/mol. The number of piperidine rings is 1. The number of nitrogens with zero attached hydrogens (tertiary/aromatic N) is 1. The Labute approximate surface area is 152 Å². The van der Waals surface area contributed by atoms with Crippen molar-refractivity contribution in [3.05, 3.63) is 0 Å². The van der Waals surface area contributed by atoms with Crippen molar-refractivity contribution in [2.75, 3.05) is 31.1 Å². The van der Waals surface area contributed by atoms with Crippen LogP contribution in [0.2, 0.25) is 0 Å². The van der Waals surface area contributed by atoms with Gasteiger partial charge >= 0.3 is 0 Å². The van der Waals surface area contributed by atoms with Gasteiger partial charge in [0.2, 0.25) is 0 Å². The summed E-state index contributed by atoms with van der Waals surface area (Å²) in [6.07, 6.45) is 18.7. The third-order valence-corrected chi connectivity index (χ3v) is 5.68. The lowest BCUT2D eigenvalue weighted by molar-refractivity contribution is 0.224. The Hall–Kier alpha value is 0.310. The van der Waals surface area contributed by atoms with E-state index >= 15 is 0 Å². The highest BCUT2D eigenvalue weighted by Crippen LogP contribution is 2.12. The maximum absolute atomic E-state index is 2.67. The summed E-state index contributed by atoms with van der Waals surface area (Å²) in [6.45, 7) is 10.8. The van der Waals surface area contributed by atoms with Gasteiger partial charge in [-0.2, -0.15) is 11.8 Å². The summed E-state index contributed by atoms with van der Waals surface area (Å²) in [7, 11) is 0. The Morgan fingerprint density at radius 1 is 0.652 bits per heavy atom. The van der Waals surface area contributed by atoms with E-state index in [2.05, 4.69) is 25.7 Å². The average molecular weight is 344 g/mol. The van der Waals surface area contributed by atoms with Crippen LogP contribution < -0.4 is 0 Å². The molecule has 0 N–H and O–H groups in total. The highest BCUT2D eigenvalue weighted by Gasteiger charge is 2.08. The van der Waals surface area contributed by atoms with E-state index in [0.717, 1.165) is 0 Å². The summed E-state index contributed by atoms with van der Waals surface area (Å²) >= 11 is 2.01. The first-order chi connectivity index (χ1) is 11.3.